The van der Waals surface area contributed by atoms with Gasteiger partial charge in [-0.1, -0.05) is 72.9 Å². The second kappa shape index (κ2) is 12.7. The van der Waals surface area contributed by atoms with Crippen molar-refractivity contribution in [3.05, 3.63) is 105 Å². The van der Waals surface area contributed by atoms with Crippen LogP contribution in [0.1, 0.15) is 55.5 Å². The van der Waals surface area contributed by atoms with Crippen LogP contribution in [-0.4, -0.2) is 35.5 Å². The molecule has 1 fully saturated rings. The van der Waals surface area contributed by atoms with Gasteiger partial charge >= 0.3 is 5.97 Å². The Kier molecular flexibility index (Phi) is 9.42. The van der Waals surface area contributed by atoms with E-state index in [4.69, 9.17) is 32.7 Å². The van der Waals surface area contributed by atoms with Gasteiger partial charge in [-0.2, -0.15) is 0 Å². The lowest BCUT2D eigenvalue weighted by molar-refractivity contribution is -0.186. The molecule has 3 aromatic carbocycles. The number of ether oxygens (including phenoxy) is 2. The lowest BCUT2D eigenvalue weighted by Crippen LogP contribution is -2.57. The minimum atomic E-state index is -0.904. The highest BCUT2D eigenvalue weighted by atomic mass is 35.5. The standard InChI is InChI=1S/C30H30Cl2FNO4/c1-3-5-25(30(36)37-4-2)34-27(20-8-12-22(31)13-9-20)28(21-10-14-23(32)15-11-21)38-26(29(34)35)18-19-6-16-24(33)17-7-19/h6-17,25-28H,3-5,18H2,1-2H3. The van der Waals surface area contributed by atoms with E-state index >= 15 is 0 Å². The molecule has 0 aromatic heterocycles. The van der Waals surface area contributed by atoms with Crippen molar-refractivity contribution in [2.24, 2.45) is 0 Å². The van der Waals surface area contributed by atoms with Gasteiger partial charge in [-0.25, -0.2) is 9.18 Å². The highest BCUT2D eigenvalue weighted by Gasteiger charge is 2.48. The molecule has 1 aliphatic rings. The van der Waals surface area contributed by atoms with E-state index in [0.29, 0.717) is 22.9 Å². The van der Waals surface area contributed by atoms with Crippen molar-refractivity contribution in [3.63, 3.8) is 0 Å². The smallest absolute Gasteiger partial charge is 0.328 e. The Morgan fingerprint density at radius 2 is 1.53 bits per heavy atom. The second-order valence-electron chi connectivity index (χ2n) is 9.23. The quantitative estimate of drug-likeness (QED) is 0.263. The molecule has 38 heavy (non-hydrogen) atoms. The summed E-state index contributed by atoms with van der Waals surface area (Å²) in [7, 11) is 0. The van der Waals surface area contributed by atoms with Gasteiger partial charge in [0.1, 0.15) is 24.1 Å². The van der Waals surface area contributed by atoms with Gasteiger partial charge in [0.25, 0.3) is 5.91 Å². The Labute approximate surface area is 232 Å². The van der Waals surface area contributed by atoms with Crippen LogP contribution in [0.25, 0.3) is 0 Å². The normalized spacial score (nSPS) is 20.3. The van der Waals surface area contributed by atoms with E-state index in [1.54, 1.807) is 48.2 Å². The predicted octanol–water partition coefficient (Wildman–Crippen LogP) is 7.12. The lowest BCUT2D eigenvalue weighted by Gasteiger charge is -2.47. The topological polar surface area (TPSA) is 55.8 Å². The van der Waals surface area contributed by atoms with Gasteiger partial charge in [0.2, 0.25) is 0 Å². The first-order valence-electron chi connectivity index (χ1n) is 12.7. The molecule has 4 rings (SSSR count). The van der Waals surface area contributed by atoms with Crippen LogP contribution in [0.5, 0.6) is 0 Å². The fraction of sp³-hybridized carbons (Fsp3) is 0.333. The summed E-state index contributed by atoms with van der Waals surface area (Å²) in [5.41, 5.74) is 2.32. The zero-order chi connectivity index (χ0) is 27.2. The van der Waals surface area contributed by atoms with Crippen molar-refractivity contribution < 1.29 is 23.5 Å². The molecule has 8 heteroatoms. The highest BCUT2D eigenvalue weighted by molar-refractivity contribution is 6.30. The molecule has 4 atom stereocenters. The van der Waals surface area contributed by atoms with Crippen molar-refractivity contribution >= 4 is 35.1 Å². The maximum Gasteiger partial charge on any atom is 0.328 e. The number of morpholine rings is 1. The lowest BCUT2D eigenvalue weighted by atomic mass is 9.88. The Balaban J connectivity index is 1.85. The zero-order valence-corrected chi connectivity index (χ0v) is 22.8. The third kappa shape index (κ3) is 6.37. The number of hydrogen-bond acceptors (Lipinski definition) is 4. The summed E-state index contributed by atoms with van der Waals surface area (Å²) in [6, 6.07) is 19.0. The monoisotopic (exact) mass is 557 g/mol. The molecule has 0 radical (unpaired) electrons. The molecule has 4 unspecified atom stereocenters. The molecule has 1 saturated heterocycles. The van der Waals surface area contributed by atoms with E-state index in [-0.39, 0.29) is 24.8 Å². The Bertz CT molecular complexity index is 1230. The summed E-state index contributed by atoms with van der Waals surface area (Å²) in [5, 5.41) is 1.12. The van der Waals surface area contributed by atoms with Gasteiger partial charge in [0.05, 0.1) is 12.6 Å². The summed E-state index contributed by atoms with van der Waals surface area (Å²) in [5.74, 6) is -1.15. The van der Waals surface area contributed by atoms with Crippen LogP contribution >= 0.6 is 23.2 Å². The predicted molar refractivity (Wildman–Crippen MR) is 146 cm³/mol. The van der Waals surface area contributed by atoms with Gasteiger partial charge in [-0.05, 0) is 66.4 Å². The van der Waals surface area contributed by atoms with Crippen LogP contribution < -0.4 is 0 Å². The molecular formula is C30H30Cl2FNO4. The first kappa shape index (κ1) is 28.1. The average Bonchev–Trinajstić information content (AvgIpc) is 2.91. The number of carbonyl (C=O) groups excluding carboxylic acids is 2. The van der Waals surface area contributed by atoms with Crippen LogP contribution in [0.2, 0.25) is 10.0 Å². The number of esters is 1. The second-order valence-corrected chi connectivity index (χ2v) is 10.1. The van der Waals surface area contributed by atoms with Crippen molar-refractivity contribution in [2.75, 3.05) is 6.61 Å². The van der Waals surface area contributed by atoms with Gasteiger partial charge in [-0.3, -0.25) is 4.79 Å². The molecule has 0 N–H and O–H groups in total. The van der Waals surface area contributed by atoms with Crippen LogP contribution in [0, 0.1) is 5.82 Å². The van der Waals surface area contributed by atoms with E-state index in [1.165, 1.54) is 12.1 Å². The van der Waals surface area contributed by atoms with Crippen molar-refractivity contribution in [1.29, 1.82) is 0 Å². The van der Waals surface area contributed by atoms with Gasteiger partial charge in [0.15, 0.2) is 0 Å². The summed E-state index contributed by atoms with van der Waals surface area (Å²) in [6.07, 6.45) is -0.223. The Morgan fingerprint density at radius 1 is 0.947 bits per heavy atom. The fourth-order valence-electron chi connectivity index (χ4n) is 4.87. The van der Waals surface area contributed by atoms with Gasteiger partial charge < -0.3 is 14.4 Å². The summed E-state index contributed by atoms with van der Waals surface area (Å²) >= 11 is 12.4. The minimum absolute atomic E-state index is 0.197. The molecule has 1 heterocycles. The number of amides is 1. The molecule has 1 amide bonds. The summed E-state index contributed by atoms with van der Waals surface area (Å²) < 4.78 is 25.5. The number of rotatable bonds is 9. The summed E-state index contributed by atoms with van der Waals surface area (Å²) in [4.78, 5) is 29.1. The molecule has 5 nitrogen and oxygen atoms in total. The van der Waals surface area contributed by atoms with Gasteiger partial charge in [-0.15, -0.1) is 0 Å². The third-order valence-corrected chi connectivity index (χ3v) is 7.13. The van der Waals surface area contributed by atoms with Gasteiger partial charge in [0, 0.05) is 16.5 Å². The van der Waals surface area contributed by atoms with E-state index < -0.39 is 30.3 Å². The van der Waals surface area contributed by atoms with Crippen molar-refractivity contribution in [3.8, 4) is 0 Å². The fourth-order valence-corrected chi connectivity index (χ4v) is 5.12. The number of hydrogen-bond donors (Lipinski definition) is 0. The number of nitrogens with zero attached hydrogens (tertiary/aromatic N) is 1. The SMILES string of the molecule is CCCC(C(=O)OCC)N1C(=O)C(Cc2ccc(F)cc2)OC(c2ccc(Cl)cc2)C1c1ccc(Cl)cc1. The van der Waals surface area contributed by atoms with Crippen LogP contribution in [0.3, 0.4) is 0 Å². The molecule has 0 spiro atoms. The zero-order valence-electron chi connectivity index (χ0n) is 21.3. The highest BCUT2D eigenvalue weighted by Crippen LogP contribution is 2.44. The van der Waals surface area contributed by atoms with E-state index in [9.17, 15) is 14.0 Å². The first-order chi connectivity index (χ1) is 18.3. The maximum atomic E-state index is 14.2. The van der Waals surface area contributed by atoms with E-state index in [1.807, 2.05) is 31.2 Å². The number of halogens is 3. The molecule has 1 aliphatic heterocycles. The molecule has 0 bridgehead atoms. The summed E-state index contributed by atoms with van der Waals surface area (Å²) in [6.45, 7) is 3.90. The molecule has 3 aromatic rings. The first-order valence-corrected chi connectivity index (χ1v) is 13.5. The molecule has 0 saturated carbocycles. The van der Waals surface area contributed by atoms with Crippen molar-refractivity contribution in [1.82, 2.24) is 4.90 Å². The van der Waals surface area contributed by atoms with Crippen LogP contribution in [0.15, 0.2) is 72.8 Å². The minimum Gasteiger partial charge on any atom is -0.464 e. The van der Waals surface area contributed by atoms with Crippen LogP contribution in [0.4, 0.5) is 4.39 Å². The maximum absolute atomic E-state index is 14.2. The molecule has 0 aliphatic carbocycles. The van der Waals surface area contributed by atoms with Crippen molar-refractivity contribution in [2.45, 2.75) is 57.4 Å². The third-order valence-electron chi connectivity index (χ3n) is 6.63. The Hall–Kier alpha value is -2.93. The van der Waals surface area contributed by atoms with E-state index in [0.717, 1.165) is 16.7 Å². The number of carbonyl (C=O) groups is 2. The average molecular weight is 558 g/mol. The number of benzene rings is 3. The Morgan fingerprint density at radius 3 is 2.08 bits per heavy atom. The molecule has 200 valence electrons. The van der Waals surface area contributed by atoms with Crippen LogP contribution in [-0.2, 0) is 25.5 Å². The van der Waals surface area contributed by atoms with E-state index in [2.05, 4.69) is 0 Å². The molecular weight excluding hydrogens is 528 g/mol. The largest absolute Gasteiger partial charge is 0.464 e.